The van der Waals surface area contributed by atoms with E-state index in [1.165, 1.54) is 0 Å². The van der Waals surface area contributed by atoms with E-state index in [0.717, 1.165) is 14.9 Å². The molecule has 0 fully saturated rings. The van der Waals surface area contributed by atoms with E-state index in [-0.39, 0.29) is 5.01 Å². The summed E-state index contributed by atoms with van der Waals surface area (Å²) in [6, 6.07) is 7.53. The molecule has 2 rings (SSSR count). The van der Waals surface area contributed by atoms with Gasteiger partial charge in [0.1, 0.15) is 5.75 Å². The third kappa shape index (κ3) is 3.16. The molecule has 7 heteroatoms. The van der Waals surface area contributed by atoms with Crippen molar-refractivity contribution in [1.29, 1.82) is 0 Å². The molecule has 0 aliphatic rings. The number of hydrogen-bond donors (Lipinski definition) is 0. The topological polar surface area (TPSA) is 61.3 Å². The van der Waals surface area contributed by atoms with Crippen molar-refractivity contribution in [2.45, 2.75) is 6.92 Å². The Morgan fingerprint density at radius 2 is 2.17 bits per heavy atom. The van der Waals surface area contributed by atoms with Gasteiger partial charge in [0.05, 0.1) is 10.2 Å². The molecule has 2 aromatic rings. The van der Waals surface area contributed by atoms with Crippen molar-refractivity contribution in [1.82, 2.24) is 10.2 Å². The molecule has 0 saturated carbocycles. The van der Waals surface area contributed by atoms with Crippen LogP contribution in [0.25, 0.3) is 0 Å². The van der Waals surface area contributed by atoms with E-state index in [4.69, 9.17) is 9.47 Å². The van der Waals surface area contributed by atoms with Gasteiger partial charge in [0.25, 0.3) is 5.19 Å². The lowest BCUT2D eigenvalue weighted by Gasteiger charge is -2.02. The Balaban J connectivity index is 2.12. The number of rotatable bonds is 4. The number of aromatic nitrogens is 2. The molecule has 0 unspecified atom stereocenters. The lowest BCUT2D eigenvalue weighted by Crippen LogP contribution is -2.03. The van der Waals surface area contributed by atoms with Gasteiger partial charge in [-0.05, 0) is 53.0 Å². The number of esters is 1. The monoisotopic (exact) mass is 376 g/mol. The summed E-state index contributed by atoms with van der Waals surface area (Å²) in [7, 11) is 0. The van der Waals surface area contributed by atoms with Crippen molar-refractivity contribution in [2.24, 2.45) is 0 Å². The maximum Gasteiger partial charge on any atom is 0.369 e. The Morgan fingerprint density at radius 1 is 1.39 bits per heavy atom. The van der Waals surface area contributed by atoms with Gasteiger partial charge in [0, 0.05) is 0 Å². The van der Waals surface area contributed by atoms with Crippen LogP contribution in [0.3, 0.4) is 0 Å². The molecule has 1 heterocycles. The molecule has 0 atom stereocenters. The Labute approximate surface area is 121 Å². The first-order chi connectivity index (χ1) is 8.70. The van der Waals surface area contributed by atoms with Gasteiger partial charge in [-0.3, -0.25) is 0 Å². The Kier molecular flexibility index (Phi) is 4.48. The first kappa shape index (κ1) is 13.2. The summed E-state index contributed by atoms with van der Waals surface area (Å²) < 4.78 is 11.3. The number of carbonyl (C=O) groups excluding carboxylic acids is 1. The summed E-state index contributed by atoms with van der Waals surface area (Å²) >= 11 is 3.22. The molecular weight excluding hydrogens is 367 g/mol. The zero-order valence-corrected chi connectivity index (χ0v) is 12.4. The second-order valence-electron chi connectivity index (χ2n) is 3.13. The molecule has 0 spiro atoms. The van der Waals surface area contributed by atoms with Crippen LogP contribution < -0.4 is 4.74 Å². The molecule has 18 heavy (non-hydrogen) atoms. The Morgan fingerprint density at radius 3 is 2.89 bits per heavy atom. The van der Waals surface area contributed by atoms with Gasteiger partial charge in [-0.2, -0.15) is 0 Å². The Hall–Kier alpha value is -1.22. The van der Waals surface area contributed by atoms with E-state index < -0.39 is 5.97 Å². The van der Waals surface area contributed by atoms with Crippen LogP contribution in [0.5, 0.6) is 10.9 Å². The highest BCUT2D eigenvalue weighted by atomic mass is 127. The second-order valence-corrected chi connectivity index (χ2v) is 5.23. The minimum Gasteiger partial charge on any atom is -0.461 e. The van der Waals surface area contributed by atoms with E-state index in [1.54, 1.807) is 6.92 Å². The molecule has 94 valence electrons. The van der Waals surface area contributed by atoms with Crippen LogP contribution in [-0.2, 0) is 4.74 Å². The number of halogens is 1. The van der Waals surface area contributed by atoms with Crippen LogP contribution >= 0.6 is 33.9 Å². The van der Waals surface area contributed by atoms with E-state index in [9.17, 15) is 4.79 Å². The molecule has 0 aliphatic carbocycles. The molecule has 0 aliphatic heterocycles. The quantitative estimate of drug-likeness (QED) is 0.606. The number of para-hydroxylation sites is 1. The third-order valence-electron chi connectivity index (χ3n) is 1.89. The smallest absolute Gasteiger partial charge is 0.369 e. The molecule has 1 aromatic carbocycles. The zero-order valence-electron chi connectivity index (χ0n) is 9.42. The molecular formula is C11H9IN2O3S. The van der Waals surface area contributed by atoms with E-state index in [0.29, 0.717) is 17.6 Å². The average molecular weight is 376 g/mol. The van der Waals surface area contributed by atoms with Crippen LogP contribution in [0, 0.1) is 3.57 Å². The minimum atomic E-state index is -0.479. The van der Waals surface area contributed by atoms with Crippen LogP contribution in [-0.4, -0.2) is 22.8 Å². The van der Waals surface area contributed by atoms with Crippen molar-refractivity contribution >= 4 is 39.9 Å². The molecule has 0 saturated heterocycles. The molecule has 0 amide bonds. The number of nitrogens with zero attached hydrogens (tertiary/aromatic N) is 2. The van der Waals surface area contributed by atoms with Crippen molar-refractivity contribution in [3.63, 3.8) is 0 Å². The van der Waals surface area contributed by atoms with Crippen molar-refractivity contribution in [3.05, 3.63) is 32.8 Å². The van der Waals surface area contributed by atoms with Gasteiger partial charge in [-0.1, -0.05) is 17.2 Å². The number of carbonyl (C=O) groups is 1. The van der Waals surface area contributed by atoms with Gasteiger partial charge in [0.15, 0.2) is 0 Å². The third-order valence-corrected chi connectivity index (χ3v) is 3.56. The summed E-state index contributed by atoms with van der Waals surface area (Å²) in [4.78, 5) is 11.4. The summed E-state index contributed by atoms with van der Waals surface area (Å²) in [5.41, 5.74) is 0. The van der Waals surface area contributed by atoms with Crippen molar-refractivity contribution in [3.8, 4) is 10.9 Å². The molecule has 0 bridgehead atoms. The molecule has 0 radical (unpaired) electrons. The highest BCUT2D eigenvalue weighted by Gasteiger charge is 2.15. The van der Waals surface area contributed by atoms with Gasteiger partial charge in [-0.25, -0.2) is 4.79 Å². The fourth-order valence-electron chi connectivity index (χ4n) is 1.15. The van der Waals surface area contributed by atoms with Gasteiger partial charge >= 0.3 is 5.97 Å². The molecule has 1 aromatic heterocycles. The highest BCUT2D eigenvalue weighted by molar-refractivity contribution is 14.1. The fraction of sp³-hybridized carbons (Fsp3) is 0.182. The summed E-state index contributed by atoms with van der Waals surface area (Å²) in [5.74, 6) is 0.206. The summed E-state index contributed by atoms with van der Waals surface area (Å²) in [6.07, 6.45) is 0. The summed E-state index contributed by atoms with van der Waals surface area (Å²) in [5, 5.41) is 8.04. The lowest BCUT2D eigenvalue weighted by atomic mass is 10.3. The standard InChI is InChI=1S/C11H9IN2O3S/c1-2-16-10(15)9-13-14-11(18-9)17-8-6-4-3-5-7(8)12/h3-6H,2H2,1H3. The van der Waals surface area contributed by atoms with Gasteiger partial charge in [0.2, 0.25) is 5.01 Å². The zero-order chi connectivity index (χ0) is 13.0. The minimum absolute atomic E-state index is 0.192. The predicted octanol–water partition coefficient (Wildman–Crippen LogP) is 3.11. The van der Waals surface area contributed by atoms with Gasteiger partial charge in [-0.15, -0.1) is 5.10 Å². The second kappa shape index (κ2) is 6.10. The van der Waals surface area contributed by atoms with Crippen LogP contribution in [0.4, 0.5) is 0 Å². The first-order valence-electron chi connectivity index (χ1n) is 5.13. The number of hydrogen-bond acceptors (Lipinski definition) is 6. The lowest BCUT2D eigenvalue weighted by molar-refractivity contribution is 0.0525. The molecule has 0 N–H and O–H groups in total. The van der Waals surface area contributed by atoms with E-state index in [1.807, 2.05) is 24.3 Å². The number of benzene rings is 1. The van der Waals surface area contributed by atoms with E-state index in [2.05, 4.69) is 32.8 Å². The van der Waals surface area contributed by atoms with Crippen LogP contribution in [0.1, 0.15) is 16.7 Å². The molecule has 5 nitrogen and oxygen atoms in total. The van der Waals surface area contributed by atoms with Gasteiger partial charge < -0.3 is 9.47 Å². The fourth-order valence-corrected chi connectivity index (χ4v) is 2.25. The maximum atomic E-state index is 11.4. The first-order valence-corrected chi connectivity index (χ1v) is 7.03. The maximum absolute atomic E-state index is 11.4. The Bertz CT molecular complexity index is 559. The van der Waals surface area contributed by atoms with Crippen molar-refractivity contribution < 1.29 is 14.3 Å². The summed E-state index contributed by atoms with van der Waals surface area (Å²) in [6.45, 7) is 2.05. The SMILES string of the molecule is CCOC(=O)c1nnc(Oc2ccccc2I)s1. The highest BCUT2D eigenvalue weighted by Crippen LogP contribution is 2.28. The van der Waals surface area contributed by atoms with Crippen molar-refractivity contribution in [2.75, 3.05) is 6.61 Å². The average Bonchev–Trinajstić information content (AvgIpc) is 2.81. The van der Waals surface area contributed by atoms with E-state index >= 15 is 0 Å². The number of ether oxygens (including phenoxy) is 2. The van der Waals surface area contributed by atoms with Crippen LogP contribution in [0.2, 0.25) is 0 Å². The largest absolute Gasteiger partial charge is 0.461 e. The van der Waals surface area contributed by atoms with Crippen LogP contribution in [0.15, 0.2) is 24.3 Å². The normalized spacial score (nSPS) is 10.1. The predicted molar refractivity (Wildman–Crippen MR) is 75.1 cm³/mol.